The molecule has 0 atom stereocenters. The minimum absolute atomic E-state index is 0.176. The van der Waals surface area contributed by atoms with Crippen molar-refractivity contribution in [2.75, 3.05) is 5.73 Å². The summed E-state index contributed by atoms with van der Waals surface area (Å²) in [6.07, 6.45) is 3.44. The summed E-state index contributed by atoms with van der Waals surface area (Å²) in [5.74, 6) is -0.317. The number of benzene rings is 1. The summed E-state index contributed by atoms with van der Waals surface area (Å²) in [5, 5.41) is 0. The maximum atomic E-state index is 11.4. The van der Waals surface area contributed by atoms with Gasteiger partial charge in [0.15, 0.2) is 0 Å². The first kappa shape index (κ1) is 14.6. The van der Waals surface area contributed by atoms with E-state index in [1.807, 2.05) is 25.1 Å². The molecular formula is C17H15N5O. The average molecular weight is 305 g/mol. The van der Waals surface area contributed by atoms with Gasteiger partial charge in [0.05, 0.1) is 11.4 Å². The number of rotatable bonds is 3. The van der Waals surface area contributed by atoms with E-state index < -0.39 is 5.91 Å². The molecule has 114 valence electrons. The molecule has 6 heteroatoms. The van der Waals surface area contributed by atoms with Crippen LogP contribution in [-0.4, -0.2) is 20.9 Å². The average Bonchev–Trinajstić information content (AvgIpc) is 2.55. The Bertz CT molecular complexity index is 877. The van der Waals surface area contributed by atoms with E-state index >= 15 is 0 Å². The predicted octanol–water partition coefficient (Wildman–Crippen LogP) is 2.20. The van der Waals surface area contributed by atoms with Gasteiger partial charge in [-0.1, -0.05) is 18.2 Å². The molecule has 0 saturated heterocycles. The topological polar surface area (TPSA) is 108 Å². The van der Waals surface area contributed by atoms with E-state index in [4.69, 9.17) is 11.5 Å². The standard InChI is InChI=1S/C17H15N5O/c1-10-14(13-6-3-7-20-9-13)15(22-17(19)21-10)11-4-2-5-12(8-11)16(18)23/h2-9H,1H3,(H2,18,23)(H2,19,21,22). The molecule has 0 unspecified atom stereocenters. The van der Waals surface area contributed by atoms with Crippen molar-refractivity contribution in [1.82, 2.24) is 15.0 Å². The van der Waals surface area contributed by atoms with E-state index in [2.05, 4.69) is 15.0 Å². The zero-order valence-electron chi connectivity index (χ0n) is 12.5. The Labute approximate surface area is 133 Å². The smallest absolute Gasteiger partial charge is 0.248 e. The van der Waals surface area contributed by atoms with Crippen LogP contribution < -0.4 is 11.5 Å². The van der Waals surface area contributed by atoms with Gasteiger partial charge < -0.3 is 11.5 Å². The first-order chi connectivity index (χ1) is 11.1. The van der Waals surface area contributed by atoms with Gasteiger partial charge in [0.1, 0.15) is 0 Å². The van der Waals surface area contributed by atoms with Crippen molar-refractivity contribution >= 4 is 11.9 Å². The van der Waals surface area contributed by atoms with E-state index in [1.165, 1.54) is 0 Å². The Morgan fingerprint density at radius 1 is 1.09 bits per heavy atom. The summed E-state index contributed by atoms with van der Waals surface area (Å²) in [5.41, 5.74) is 15.4. The van der Waals surface area contributed by atoms with Crippen LogP contribution in [0.5, 0.6) is 0 Å². The lowest BCUT2D eigenvalue weighted by atomic mass is 9.98. The van der Waals surface area contributed by atoms with Crippen LogP contribution in [0, 0.1) is 6.92 Å². The van der Waals surface area contributed by atoms with Crippen LogP contribution in [0.1, 0.15) is 16.1 Å². The van der Waals surface area contributed by atoms with E-state index in [1.54, 1.807) is 30.6 Å². The summed E-state index contributed by atoms with van der Waals surface area (Å²) >= 11 is 0. The molecule has 6 nitrogen and oxygen atoms in total. The fourth-order valence-corrected chi connectivity index (χ4v) is 2.48. The van der Waals surface area contributed by atoms with Crippen LogP contribution >= 0.6 is 0 Å². The maximum Gasteiger partial charge on any atom is 0.248 e. The van der Waals surface area contributed by atoms with Gasteiger partial charge in [-0.15, -0.1) is 0 Å². The normalized spacial score (nSPS) is 10.5. The Morgan fingerprint density at radius 3 is 2.57 bits per heavy atom. The van der Waals surface area contributed by atoms with Gasteiger partial charge in [-0.05, 0) is 25.1 Å². The van der Waals surface area contributed by atoms with Gasteiger partial charge in [0, 0.05) is 34.6 Å². The first-order valence-corrected chi connectivity index (χ1v) is 7.01. The van der Waals surface area contributed by atoms with Crippen LogP contribution in [0.4, 0.5) is 5.95 Å². The molecule has 23 heavy (non-hydrogen) atoms. The number of carbonyl (C=O) groups is 1. The molecule has 2 aromatic heterocycles. The van der Waals surface area contributed by atoms with E-state index in [9.17, 15) is 4.79 Å². The summed E-state index contributed by atoms with van der Waals surface area (Å²) < 4.78 is 0. The van der Waals surface area contributed by atoms with Crippen molar-refractivity contribution in [3.05, 3.63) is 60.0 Å². The Kier molecular flexibility index (Phi) is 3.72. The van der Waals surface area contributed by atoms with Crippen LogP contribution in [0.25, 0.3) is 22.4 Å². The second-order valence-electron chi connectivity index (χ2n) is 5.08. The zero-order chi connectivity index (χ0) is 16.4. The largest absolute Gasteiger partial charge is 0.368 e. The minimum Gasteiger partial charge on any atom is -0.368 e. The summed E-state index contributed by atoms with van der Waals surface area (Å²) in [7, 11) is 0. The highest BCUT2D eigenvalue weighted by atomic mass is 16.1. The number of aryl methyl sites for hydroxylation is 1. The van der Waals surface area contributed by atoms with Crippen LogP contribution in [-0.2, 0) is 0 Å². The molecule has 0 saturated carbocycles. The van der Waals surface area contributed by atoms with Crippen LogP contribution in [0.3, 0.4) is 0 Å². The highest BCUT2D eigenvalue weighted by Crippen LogP contribution is 2.33. The minimum atomic E-state index is -0.492. The fourth-order valence-electron chi connectivity index (χ4n) is 2.48. The van der Waals surface area contributed by atoms with E-state index in [0.29, 0.717) is 11.3 Å². The van der Waals surface area contributed by atoms with Gasteiger partial charge in [0.25, 0.3) is 0 Å². The summed E-state index contributed by atoms with van der Waals surface area (Å²) in [4.78, 5) is 24.2. The van der Waals surface area contributed by atoms with E-state index in [0.717, 1.165) is 22.4 Å². The number of aromatic nitrogens is 3. The Balaban J connectivity index is 2.27. The van der Waals surface area contributed by atoms with Crippen molar-refractivity contribution in [1.29, 1.82) is 0 Å². The second-order valence-corrected chi connectivity index (χ2v) is 5.08. The predicted molar refractivity (Wildman–Crippen MR) is 88.4 cm³/mol. The van der Waals surface area contributed by atoms with Gasteiger partial charge in [0.2, 0.25) is 11.9 Å². The second kappa shape index (κ2) is 5.84. The Hall–Kier alpha value is -3.28. The first-order valence-electron chi connectivity index (χ1n) is 7.01. The van der Waals surface area contributed by atoms with Crippen LogP contribution in [0.2, 0.25) is 0 Å². The molecule has 1 amide bonds. The Morgan fingerprint density at radius 2 is 1.87 bits per heavy atom. The monoisotopic (exact) mass is 305 g/mol. The highest BCUT2D eigenvalue weighted by molar-refractivity contribution is 5.94. The molecule has 0 aliphatic carbocycles. The van der Waals surface area contributed by atoms with Crippen molar-refractivity contribution in [2.24, 2.45) is 5.73 Å². The number of carbonyl (C=O) groups excluding carboxylic acids is 1. The molecule has 1 aromatic carbocycles. The molecule has 0 radical (unpaired) electrons. The van der Waals surface area contributed by atoms with Crippen molar-refractivity contribution < 1.29 is 4.79 Å². The van der Waals surface area contributed by atoms with Crippen LogP contribution in [0.15, 0.2) is 48.8 Å². The fraction of sp³-hybridized carbons (Fsp3) is 0.0588. The molecule has 0 spiro atoms. The van der Waals surface area contributed by atoms with Gasteiger partial charge in [-0.2, -0.15) is 0 Å². The molecule has 3 aromatic rings. The molecule has 2 heterocycles. The molecule has 3 rings (SSSR count). The number of nitrogen functional groups attached to an aromatic ring is 1. The zero-order valence-corrected chi connectivity index (χ0v) is 12.5. The summed E-state index contributed by atoms with van der Waals surface area (Å²) in [6.45, 7) is 1.86. The van der Waals surface area contributed by atoms with Crippen molar-refractivity contribution in [2.45, 2.75) is 6.92 Å². The highest BCUT2D eigenvalue weighted by Gasteiger charge is 2.15. The number of hydrogen-bond donors (Lipinski definition) is 2. The molecule has 0 fully saturated rings. The molecular weight excluding hydrogens is 290 g/mol. The molecule has 0 aliphatic heterocycles. The van der Waals surface area contributed by atoms with Gasteiger partial charge in [-0.3, -0.25) is 9.78 Å². The third kappa shape index (κ3) is 2.87. The lowest BCUT2D eigenvalue weighted by molar-refractivity contribution is 0.100. The van der Waals surface area contributed by atoms with Gasteiger partial charge >= 0.3 is 0 Å². The molecule has 0 bridgehead atoms. The number of nitrogens with two attached hydrogens (primary N) is 2. The SMILES string of the molecule is Cc1nc(N)nc(-c2cccc(C(N)=O)c2)c1-c1cccnc1. The van der Waals surface area contributed by atoms with E-state index in [-0.39, 0.29) is 5.95 Å². The number of anilines is 1. The maximum absolute atomic E-state index is 11.4. The van der Waals surface area contributed by atoms with Gasteiger partial charge in [-0.25, -0.2) is 9.97 Å². The lowest BCUT2D eigenvalue weighted by Crippen LogP contribution is -2.11. The van der Waals surface area contributed by atoms with Crippen molar-refractivity contribution in [3.8, 4) is 22.4 Å². The lowest BCUT2D eigenvalue weighted by Gasteiger charge is -2.13. The number of nitrogens with zero attached hydrogens (tertiary/aromatic N) is 3. The van der Waals surface area contributed by atoms with Crippen molar-refractivity contribution in [3.63, 3.8) is 0 Å². The third-order valence-electron chi connectivity index (χ3n) is 3.48. The summed E-state index contributed by atoms with van der Waals surface area (Å²) in [6, 6.07) is 10.7. The number of primary amides is 1. The number of amides is 1. The number of pyridine rings is 1. The third-order valence-corrected chi connectivity index (χ3v) is 3.48. The number of hydrogen-bond acceptors (Lipinski definition) is 5. The molecule has 4 N–H and O–H groups in total. The molecule has 0 aliphatic rings. The quantitative estimate of drug-likeness (QED) is 0.771.